The number of hydrogen-bond donors (Lipinski definition) is 1. The second kappa shape index (κ2) is 6.70. The average molecular weight is 505 g/mol. The van der Waals surface area contributed by atoms with E-state index in [9.17, 15) is 21.6 Å². The molecule has 0 amide bonds. The van der Waals surface area contributed by atoms with Gasteiger partial charge < -0.3 is 9.88 Å². The lowest BCUT2D eigenvalue weighted by molar-refractivity contribution is -0.129. The van der Waals surface area contributed by atoms with Crippen LogP contribution in [0.3, 0.4) is 0 Å². The summed E-state index contributed by atoms with van der Waals surface area (Å²) in [6.45, 7) is -0.0767. The standard InChI is InChI=1S/C19H20BrF3N4O2S/c20-14-1-2-16-13(3-14)8-26(30(28,29)19(21,22)23)10-17(18-4-12(5-18)6-18)27(16)9-15-7-24-11-25-15/h1-3,7,11-12,17H,4-6,8-10H2,(H,24,25). The minimum Gasteiger partial charge on any atom is -0.361 e. The van der Waals surface area contributed by atoms with Gasteiger partial charge in [-0.15, -0.1) is 0 Å². The van der Waals surface area contributed by atoms with Crippen molar-refractivity contribution in [3.63, 3.8) is 0 Å². The molecule has 0 saturated heterocycles. The van der Waals surface area contributed by atoms with E-state index in [4.69, 9.17) is 0 Å². The van der Waals surface area contributed by atoms with Gasteiger partial charge in [0.05, 0.1) is 18.6 Å². The second-order valence-electron chi connectivity index (χ2n) is 8.58. The fourth-order valence-corrected chi connectivity index (χ4v) is 6.58. The van der Waals surface area contributed by atoms with Crippen molar-refractivity contribution < 1.29 is 21.6 Å². The number of hydrogen-bond acceptors (Lipinski definition) is 4. The van der Waals surface area contributed by atoms with E-state index in [0.29, 0.717) is 26.8 Å². The van der Waals surface area contributed by atoms with Gasteiger partial charge in [-0.1, -0.05) is 15.9 Å². The van der Waals surface area contributed by atoms with Crippen molar-refractivity contribution in [3.05, 3.63) is 46.5 Å². The highest BCUT2D eigenvalue weighted by atomic mass is 79.9. The molecule has 4 aliphatic rings. The third kappa shape index (κ3) is 3.08. The number of anilines is 1. The first-order valence-electron chi connectivity index (χ1n) is 9.68. The monoisotopic (exact) mass is 504 g/mol. The second-order valence-corrected chi connectivity index (χ2v) is 11.4. The lowest BCUT2D eigenvalue weighted by Gasteiger charge is -2.67. The fraction of sp³-hybridized carbons (Fsp3) is 0.526. The Morgan fingerprint density at radius 3 is 2.57 bits per heavy atom. The molecule has 1 atom stereocenters. The molecule has 6 rings (SSSR count). The number of aromatic nitrogens is 2. The average Bonchev–Trinajstić information content (AvgIpc) is 3.03. The van der Waals surface area contributed by atoms with Crippen LogP contribution >= 0.6 is 15.9 Å². The highest BCUT2D eigenvalue weighted by molar-refractivity contribution is 9.10. The number of fused-ring (bicyclic) bond motifs is 1. The van der Waals surface area contributed by atoms with Crippen LogP contribution in [0.1, 0.15) is 30.5 Å². The van der Waals surface area contributed by atoms with Gasteiger partial charge in [-0.2, -0.15) is 17.5 Å². The molecular formula is C19H20BrF3N4O2S. The van der Waals surface area contributed by atoms with Crippen LogP contribution in [0.25, 0.3) is 0 Å². The highest BCUT2D eigenvalue weighted by Crippen LogP contribution is 2.67. The summed E-state index contributed by atoms with van der Waals surface area (Å²) in [6, 6.07) is 5.06. The topological polar surface area (TPSA) is 69.3 Å². The Kier molecular flexibility index (Phi) is 4.54. The maximum Gasteiger partial charge on any atom is 0.511 e. The maximum absolute atomic E-state index is 13.5. The summed E-state index contributed by atoms with van der Waals surface area (Å²) >= 11 is 3.37. The van der Waals surface area contributed by atoms with Gasteiger partial charge in [0.25, 0.3) is 0 Å². The summed E-state index contributed by atoms with van der Waals surface area (Å²) < 4.78 is 66.6. The molecular weight excluding hydrogens is 485 g/mol. The Morgan fingerprint density at radius 2 is 2.00 bits per heavy atom. The van der Waals surface area contributed by atoms with E-state index in [0.717, 1.165) is 30.6 Å². The third-order valence-corrected chi connectivity index (χ3v) is 8.81. The minimum atomic E-state index is -5.45. The molecule has 1 aromatic carbocycles. The molecule has 11 heteroatoms. The van der Waals surface area contributed by atoms with Crippen LogP contribution in [0.15, 0.2) is 35.2 Å². The van der Waals surface area contributed by atoms with Crippen LogP contribution in [0.5, 0.6) is 0 Å². The predicted molar refractivity (Wildman–Crippen MR) is 108 cm³/mol. The highest BCUT2D eigenvalue weighted by Gasteiger charge is 2.63. The van der Waals surface area contributed by atoms with Crippen LogP contribution in [-0.2, 0) is 23.1 Å². The Bertz CT molecular complexity index is 1060. The predicted octanol–water partition coefficient (Wildman–Crippen LogP) is 4.01. The Balaban J connectivity index is 1.63. The van der Waals surface area contributed by atoms with E-state index in [1.54, 1.807) is 18.6 Å². The van der Waals surface area contributed by atoms with Crippen LogP contribution in [0.2, 0.25) is 0 Å². The smallest absolute Gasteiger partial charge is 0.361 e. The molecule has 3 saturated carbocycles. The first-order chi connectivity index (χ1) is 14.1. The number of imidazole rings is 1. The van der Waals surface area contributed by atoms with Gasteiger partial charge in [-0.25, -0.2) is 13.4 Å². The number of nitrogens with one attached hydrogen (secondary N) is 1. The lowest BCUT2D eigenvalue weighted by atomic mass is 9.41. The molecule has 0 spiro atoms. The summed E-state index contributed by atoms with van der Waals surface area (Å²) in [5.74, 6) is 0.610. The van der Waals surface area contributed by atoms with Gasteiger partial charge in [0, 0.05) is 35.5 Å². The summed E-state index contributed by atoms with van der Waals surface area (Å²) in [6.07, 6.45) is 6.05. The van der Waals surface area contributed by atoms with Crippen molar-refractivity contribution in [1.82, 2.24) is 14.3 Å². The molecule has 1 unspecified atom stereocenters. The van der Waals surface area contributed by atoms with Crippen molar-refractivity contribution >= 4 is 31.6 Å². The number of benzene rings is 1. The Labute approximate surface area is 180 Å². The minimum absolute atomic E-state index is 0.140. The first kappa shape index (κ1) is 20.3. The largest absolute Gasteiger partial charge is 0.511 e. The van der Waals surface area contributed by atoms with Gasteiger partial charge in [-0.05, 0) is 54.4 Å². The van der Waals surface area contributed by atoms with E-state index in [1.165, 1.54) is 0 Å². The number of aromatic amines is 1. The molecule has 0 radical (unpaired) electrons. The van der Waals surface area contributed by atoms with E-state index < -0.39 is 15.5 Å². The molecule has 3 aliphatic carbocycles. The van der Waals surface area contributed by atoms with Gasteiger partial charge in [-0.3, -0.25) is 0 Å². The normalized spacial score (nSPS) is 29.0. The lowest BCUT2D eigenvalue weighted by Crippen LogP contribution is -2.66. The van der Waals surface area contributed by atoms with Gasteiger partial charge in [0.1, 0.15) is 0 Å². The first-order valence-corrected chi connectivity index (χ1v) is 11.9. The van der Waals surface area contributed by atoms with Crippen LogP contribution in [-0.4, -0.2) is 40.8 Å². The molecule has 2 bridgehead atoms. The molecule has 2 heterocycles. The zero-order chi connectivity index (χ0) is 21.3. The zero-order valence-corrected chi connectivity index (χ0v) is 18.3. The van der Waals surface area contributed by atoms with Crippen LogP contribution in [0.4, 0.5) is 18.9 Å². The maximum atomic E-state index is 13.5. The summed E-state index contributed by atoms with van der Waals surface area (Å²) in [4.78, 5) is 9.19. The summed E-state index contributed by atoms with van der Waals surface area (Å²) in [7, 11) is -5.45. The van der Waals surface area contributed by atoms with E-state index in [2.05, 4.69) is 30.8 Å². The van der Waals surface area contributed by atoms with Crippen molar-refractivity contribution in [3.8, 4) is 0 Å². The van der Waals surface area contributed by atoms with Crippen LogP contribution in [0, 0.1) is 11.3 Å². The van der Waals surface area contributed by atoms with Crippen LogP contribution < -0.4 is 4.90 Å². The molecule has 6 nitrogen and oxygen atoms in total. The van der Waals surface area contributed by atoms with E-state index >= 15 is 0 Å². The van der Waals surface area contributed by atoms with Crippen molar-refractivity contribution in [2.75, 3.05) is 11.4 Å². The number of sulfonamides is 1. The third-order valence-electron chi connectivity index (χ3n) is 6.77. The van der Waals surface area contributed by atoms with Gasteiger partial charge in [0.2, 0.25) is 0 Å². The van der Waals surface area contributed by atoms with Gasteiger partial charge >= 0.3 is 15.5 Å². The number of halogens is 4. The van der Waals surface area contributed by atoms with Gasteiger partial charge in [0.15, 0.2) is 0 Å². The SMILES string of the molecule is O=S(=O)(N1Cc2cc(Br)ccc2N(Cc2cnc[nH]2)C(C23CC(C2)C3)C1)C(F)(F)F. The molecule has 30 heavy (non-hydrogen) atoms. The zero-order valence-electron chi connectivity index (χ0n) is 15.9. The molecule has 3 fully saturated rings. The molecule has 2 aromatic rings. The van der Waals surface area contributed by atoms with E-state index in [1.807, 2.05) is 12.1 Å². The summed E-state index contributed by atoms with van der Waals surface area (Å²) in [5, 5.41) is 0. The molecule has 1 aliphatic heterocycles. The molecule has 1 N–H and O–H groups in total. The number of nitrogens with zero attached hydrogens (tertiary/aromatic N) is 3. The van der Waals surface area contributed by atoms with Crippen molar-refractivity contribution in [1.29, 1.82) is 0 Å². The molecule has 1 aromatic heterocycles. The van der Waals surface area contributed by atoms with Crippen molar-refractivity contribution in [2.45, 2.75) is 43.9 Å². The number of H-pyrrole nitrogens is 1. The Hall–Kier alpha value is -1.59. The number of rotatable bonds is 4. The van der Waals surface area contributed by atoms with Crippen molar-refractivity contribution in [2.24, 2.45) is 11.3 Å². The Morgan fingerprint density at radius 1 is 1.27 bits per heavy atom. The van der Waals surface area contributed by atoms with E-state index in [-0.39, 0.29) is 24.5 Å². The number of alkyl halides is 3. The molecule has 162 valence electrons. The summed E-state index contributed by atoms with van der Waals surface area (Å²) in [5.41, 5.74) is -3.33. The fourth-order valence-electron chi connectivity index (χ4n) is 5.23. The quantitative estimate of drug-likeness (QED) is 0.682.